The molecule has 0 saturated carbocycles. The molecule has 10 heteroatoms. The Hall–Kier alpha value is -2.55. The summed E-state index contributed by atoms with van der Waals surface area (Å²) in [6, 6.07) is 0. The number of phosphoric acid groups is 1. The minimum atomic E-state index is -4.64. The van der Waals surface area contributed by atoms with Gasteiger partial charge in [0.15, 0.2) is 6.10 Å². The van der Waals surface area contributed by atoms with Crippen LogP contribution in [0.15, 0.2) is 72.9 Å². The Balaban J connectivity index is 4.41. The second-order valence-electron chi connectivity index (χ2n) is 16.0. The van der Waals surface area contributed by atoms with Crippen molar-refractivity contribution in [2.45, 2.75) is 174 Å². The Morgan fingerprint density at radius 3 is 1.47 bits per heavy atom. The second kappa shape index (κ2) is 39.9. The molecule has 334 valence electrons. The molecule has 0 aliphatic heterocycles. The van der Waals surface area contributed by atoms with Crippen LogP contribution in [0.25, 0.3) is 0 Å². The quantitative estimate of drug-likeness (QED) is 0.0197. The van der Waals surface area contributed by atoms with Gasteiger partial charge in [-0.3, -0.25) is 14.2 Å². The van der Waals surface area contributed by atoms with Crippen LogP contribution in [-0.2, 0) is 32.7 Å². The molecule has 1 unspecified atom stereocenters. The molecule has 0 bridgehead atoms. The molecule has 9 nitrogen and oxygen atoms in total. The normalized spacial score (nSPS) is 14.2. The lowest BCUT2D eigenvalue weighted by Gasteiger charge is -2.28. The van der Waals surface area contributed by atoms with Crippen molar-refractivity contribution >= 4 is 19.8 Å². The van der Waals surface area contributed by atoms with Crippen molar-refractivity contribution in [3.05, 3.63) is 72.9 Å². The number of rotatable bonds is 40. The summed E-state index contributed by atoms with van der Waals surface area (Å²) in [6.45, 7) is 4.04. The van der Waals surface area contributed by atoms with Crippen molar-refractivity contribution in [2.24, 2.45) is 0 Å². The molecule has 0 aromatic rings. The van der Waals surface area contributed by atoms with E-state index in [-0.39, 0.29) is 26.1 Å². The Morgan fingerprint density at radius 2 is 0.983 bits per heavy atom. The third-order valence-electron chi connectivity index (χ3n) is 9.21. The van der Waals surface area contributed by atoms with Crippen LogP contribution < -0.4 is 4.89 Å². The molecule has 0 rings (SSSR count). The number of esters is 2. The van der Waals surface area contributed by atoms with Gasteiger partial charge in [0.05, 0.1) is 27.7 Å². The number of likely N-dealkylation sites (N-methyl/N-ethyl adjacent to an activating group) is 1. The van der Waals surface area contributed by atoms with E-state index in [4.69, 9.17) is 18.5 Å². The van der Waals surface area contributed by atoms with E-state index in [0.29, 0.717) is 23.9 Å². The molecule has 0 N–H and O–H groups in total. The SMILES string of the molecule is CC/C=C\C/C=C\C/C=C\C/C=C\CCCCCCC(=O)O[C@H](COC(=O)CCCCCCCCC/C=C\C/C=C\CCCCC)COP(=O)([O-])OCC[N+](C)(C)C. The Kier molecular flexibility index (Phi) is 38.1. The largest absolute Gasteiger partial charge is 0.756 e. The van der Waals surface area contributed by atoms with Crippen molar-refractivity contribution in [3.63, 3.8) is 0 Å². The molecule has 0 amide bonds. The molecule has 2 atom stereocenters. The van der Waals surface area contributed by atoms with Gasteiger partial charge in [0.1, 0.15) is 19.8 Å². The first-order valence-electron chi connectivity index (χ1n) is 22.6. The lowest BCUT2D eigenvalue weighted by molar-refractivity contribution is -0.870. The summed E-state index contributed by atoms with van der Waals surface area (Å²) < 4.78 is 33.9. The summed E-state index contributed by atoms with van der Waals surface area (Å²) in [5, 5.41) is 0. The number of allylic oxidation sites excluding steroid dienone is 12. The zero-order valence-electron chi connectivity index (χ0n) is 37.5. The molecule has 0 aromatic carbocycles. The van der Waals surface area contributed by atoms with Crippen molar-refractivity contribution in [1.29, 1.82) is 0 Å². The van der Waals surface area contributed by atoms with E-state index in [0.717, 1.165) is 83.5 Å². The highest BCUT2D eigenvalue weighted by molar-refractivity contribution is 7.45. The van der Waals surface area contributed by atoms with E-state index < -0.39 is 32.5 Å². The molecular weight excluding hydrogens is 750 g/mol. The lowest BCUT2D eigenvalue weighted by atomic mass is 10.1. The van der Waals surface area contributed by atoms with Gasteiger partial charge in [-0.15, -0.1) is 0 Å². The third-order valence-corrected chi connectivity index (χ3v) is 10.2. The highest BCUT2D eigenvalue weighted by Gasteiger charge is 2.21. The number of phosphoric ester groups is 1. The van der Waals surface area contributed by atoms with E-state index >= 15 is 0 Å². The van der Waals surface area contributed by atoms with Gasteiger partial charge >= 0.3 is 11.9 Å². The standard InChI is InChI=1S/C48H84NO8P/c1-6-8-10-12-14-16-18-20-22-24-26-28-30-32-34-36-38-40-47(50)54-44-46(45-56-58(52,53)55-43-42-49(3,4)5)57-48(51)41-39-37-35-33-31-29-27-25-23-21-19-17-15-13-11-9-7-2/h9,11,14-17,20-23,27,29,46H,6-8,10,12-13,18-19,24-26,28,30-45H2,1-5H3/b11-9-,16-14-,17-15-,22-20-,23-21-,29-27-/t46-/m1/s1. The zero-order chi connectivity index (χ0) is 42.8. The molecule has 0 aromatic heterocycles. The summed E-state index contributed by atoms with van der Waals surface area (Å²) in [5.41, 5.74) is 0. The van der Waals surface area contributed by atoms with Crippen LogP contribution in [0.1, 0.15) is 168 Å². The second-order valence-corrected chi connectivity index (χ2v) is 17.4. The Morgan fingerprint density at radius 1 is 0.552 bits per heavy atom. The van der Waals surface area contributed by atoms with Crippen molar-refractivity contribution < 1.29 is 42.1 Å². The first kappa shape index (κ1) is 55.5. The van der Waals surface area contributed by atoms with Gasteiger partial charge in [-0.1, -0.05) is 145 Å². The molecule has 58 heavy (non-hydrogen) atoms. The van der Waals surface area contributed by atoms with Crippen LogP contribution in [0.2, 0.25) is 0 Å². The zero-order valence-corrected chi connectivity index (χ0v) is 38.4. The summed E-state index contributed by atoms with van der Waals surface area (Å²) in [7, 11) is 1.13. The highest BCUT2D eigenvalue weighted by Crippen LogP contribution is 2.38. The molecule has 0 spiro atoms. The number of carbonyl (C=O) groups excluding carboxylic acids is 2. The van der Waals surface area contributed by atoms with Gasteiger partial charge < -0.3 is 27.9 Å². The lowest BCUT2D eigenvalue weighted by Crippen LogP contribution is -2.37. The number of ether oxygens (including phenoxy) is 2. The maximum absolute atomic E-state index is 12.7. The number of hydrogen-bond donors (Lipinski definition) is 0. The van der Waals surface area contributed by atoms with E-state index in [1.807, 2.05) is 21.1 Å². The van der Waals surface area contributed by atoms with Crippen molar-refractivity contribution in [1.82, 2.24) is 0 Å². The minimum Gasteiger partial charge on any atom is -0.756 e. The summed E-state index contributed by atoms with van der Waals surface area (Å²) in [5.74, 6) is -0.877. The minimum absolute atomic E-state index is 0.0410. The van der Waals surface area contributed by atoms with Crippen LogP contribution >= 0.6 is 7.82 Å². The van der Waals surface area contributed by atoms with Crippen molar-refractivity contribution in [3.8, 4) is 0 Å². The van der Waals surface area contributed by atoms with E-state index in [1.165, 1.54) is 44.9 Å². The van der Waals surface area contributed by atoms with Crippen LogP contribution in [0, 0.1) is 0 Å². The van der Waals surface area contributed by atoms with Gasteiger partial charge in [0, 0.05) is 12.8 Å². The molecule has 0 saturated heterocycles. The van der Waals surface area contributed by atoms with Gasteiger partial charge in [-0.25, -0.2) is 0 Å². The molecule has 0 fully saturated rings. The number of unbranched alkanes of at least 4 members (excludes halogenated alkanes) is 14. The van der Waals surface area contributed by atoms with E-state index in [9.17, 15) is 19.0 Å². The molecule has 0 aliphatic carbocycles. The van der Waals surface area contributed by atoms with Gasteiger partial charge in [0.25, 0.3) is 7.82 Å². The molecular formula is C48H84NO8P. The smallest absolute Gasteiger partial charge is 0.306 e. The van der Waals surface area contributed by atoms with Gasteiger partial charge in [0.2, 0.25) is 0 Å². The van der Waals surface area contributed by atoms with Crippen LogP contribution in [0.5, 0.6) is 0 Å². The first-order chi connectivity index (χ1) is 28.0. The average molecular weight is 834 g/mol. The Labute approximate surface area is 355 Å². The number of quaternary nitrogens is 1. The fourth-order valence-corrected chi connectivity index (χ4v) is 6.40. The third kappa shape index (κ3) is 43.0. The van der Waals surface area contributed by atoms with E-state index in [2.05, 4.69) is 86.8 Å². The van der Waals surface area contributed by atoms with Crippen LogP contribution in [0.3, 0.4) is 0 Å². The number of nitrogens with zero attached hydrogens (tertiary/aromatic N) is 1. The van der Waals surface area contributed by atoms with E-state index in [1.54, 1.807) is 0 Å². The van der Waals surface area contributed by atoms with Crippen molar-refractivity contribution in [2.75, 3.05) is 47.5 Å². The fraction of sp³-hybridized carbons (Fsp3) is 0.708. The molecule has 0 radical (unpaired) electrons. The van der Waals surface area contributed by atoms with Crippen LogP contribution in [-0.4, -0.2) is 70.0 Å². The number of hydrogen-bond acceptors (Lipinski definition) is 8. The monoisotopic (exact) mass is 834 g/mol. The summed E-state index contributed by atoms with van der Waals surface area (Å²) in [4.78, 5) is 37.6. The first-order valence-corrected chi connectivity index (χ1v) is 24.1. The topological polar surface area (TPSA) is 111 Å². The maximum atomic E-state index is 12.7. The summed E-state index contributed by atoms with van der Waals surface area (Å²) in [6.07, 6.45) is 49.2. The average Bonchev–Trinajstić information content (AvgIpc) is 3.17. The summed E-state index contributed by atoms with van der Waals surface area (Å²) >= 11 is 0. The highest BCUT2D eigenvalue weighted by atomic mass is 31.2. The molecule has 0 heterocycles. The number of carbonyl (C=O) groups is 2. The maximum Gasteiger partial charge on any atom is 0.306 e. The predicted octanol–water partition coefficient (Wildman–Crippen LogP) is 12.4. The molecule has 0 aliphatic rings. The fourth-order valence-electron chi connectivity index (χ4n) is 5.67. The van der Waals surface area contributed by atoms with Crippen LogP contribution in [0.4, 0.5) is 0 Å². The Bertz CT molecular complexity index is 1220. The van der Waals surface area contributed by atoms with Gasteiger partial charge in [-0.05, 0) is 83.5 Å². The van der Waals surface area contributed by atoms with Gasteiger partial charge in [-0.2, -0.15) is 0 Å². The predicted molar refractivity (Wildman–Crippen MR) is 240 cm³/mol.